The molecule has 2 amide bonds. The number of piperazine rings is 1. The predicted molar refractivity (Wildman–Crippen MR) is 98.2 cm³/mol. The highest BCUT2D eigenvalue weighted by molar-refractivity contribution is 5.89. The Kier molecular flexibility index (Phi) is 7.66. The fourth-order valence-electron chi connectivity index (χ4n) is 2.59. The summed E-state index contributed by atoms with van der Waals surface area (Å²) in [5.74, 6) is -0.269. The lowest BCUT2D eigenvalue weighted by molar-refractivity contribution is -0.148. The Balaban J connectivity index is 1.76. The Labute approximate surface area is 158 Å². The smallest absolute Gasteiger partial charge is 0.409 e. The van der Waals surface area contributed by atoms with Crippen LogP contribution in [-0.4, -0.2) is 74.3 Å². The number of esters is 1. The summed E-state index contributed by atoms with van der Waals surface area (Å²) in [6.45, 7) is 3.27. The van der Waals surface area contributed by atoms with Crippen LogP contribution in [0.5, 0.6) is 5.75 Å². The third-order valence-electron chi connectivity index (χ3n) is 4.03. The normalized spacial score (nSPS) is 14.1. The highest BCUT2D eigenvalue weighted by Gasteiger charge is 2.25. The average molecular weight is 376 g/mol. The summed E-state index contributed by atoms with van der Waals surface area (Å²) in [5, 5.41) is 0. The van der Waals surface area contributed by atoms with E-state index in [9.17, 15) is 14.4 Å². The molecular weight excluding hydrogens is 352 g/mol. The average Bonchev–Trinajstić information content (AvgIpc) is 2.70. The molecule has 8 nitrogen and oxygen atoms in total. The number of para-hydroxylation sites is 1. The van der Waals surface area contributed by atoms with Crippen LogP contribution in [-0.2, 0) is 19.1 Å². The third kappa shape index (κ3) is 6.02. The molecule has 0 aliphatic carbocycles. The first-order valence-electron chi connectivity index (χ1n) is 8.72. The van der Waals surface area contributed by atoms with Gasteiger partial charge in [0, 0.05) is 37.8 Å². The van der Waals surface area contributed by atoms with Crippen LogP contribution in [0.2, 0.25) is 0 Å². The first-order chi connectivity index (χ1) is 13.0. The summed E-state index contributed by atoms with van der Waals surface area (Å²) in [5.41, 5.74) is 0.735. The first-order valence-corrected chi connectivity index (χ1v) is 8.72. The Morgan fingerprint density at radius 2 is 1.70 bits per heavy atom. The molecule has 0 saturated carbocycles. The summed E-state index contributed by atoms with van der Waals surface area (Å²) in [7, 11) is 1.55. The lowest BCUT2D eigenvalue weighted by Crippen LogP contribution is -2.51. The Morgan fingerprint density at radius 1 is 1.04 bits per heavy atom. The van der Waals surface area contributed by atoms with Gasteiger partial charge in [0.1, 0.15) is 5.75 Å². The number of methoxy groups -OCH3 is 1. The van der Waals surface area contributed by atoms with Gasteiger partial charge in [-0.25, -0.2) is 9.59 Å². The van der Waals surface area contributed by atoms with E-state index in [1.807, 2.05) is 12.1 Å². The Bertz CT molecular complexity index is 695. The molecule has 0 bridgehead atoms. The van der Waals surface area contributed by atoms with E-state index < -0.39 is 5.97 Å². The molecule has 27 heavy (non-hydrogen) atoms. The van der Waals surface area contributed by atoms with Crippen molar-refractivity contribution in [2.75, 3.05) is 46.5 Å². The van der Waals surface area contributed by atoms with Crippen LogP contribution in [0.25, 0.3) is 6.08 Å². The number of carbonyl (C=O) groups is 3. The van der Waals surface area contributed by atoms with Crippen molar-refractivity contribution in [1.29, 1.82) is 0 Å². The SMILES string of the molecule is CCOC(=O)N1CCN(C(=O)COC(=O)/C=C/c2ccccc2OC)CC1. The van der Waals surface area contributed by atoms with Gasteiger partial charge in [-0.3, -0.25) is 4.79 Å². The van der Waals surface area contributed by atoms with Crippen molar-refractivity contribution in [3.63, 3.8) is 0 Å². The van der Waals surface area contributed by atoms with Crippen molar-refractivity contribution < 1.29 is 28.6 Å². The lowest BCUT2D eigenvalue weighted by atomic mass is 10.2. The van der Waals surface area contributed by atoms with Gasteiger partial charge in [0.15, 0.2) is 6.61 Å². The van der Waals surface area contributed by atoms with Crippen molar-refractivity contribution in [3.05, 3.63) is 35.9 Å². The van der Waals surface area contributed by atoms with Crippen LogP contribution in [0.4, 0.5) is 4.79 Å². The van der Waals surface area contributed by atoms with Gasteiger partial charge in [-0.15, -0.1) is 0 Å². The largest absolute Gasteiger partial charge is 0.496 e. The molecule has 0 spiro atoms. The second-order valence-corrected chi connectivity index (χ2v) is 5.75. The number of hydrogen-bond donors (Lipinski definition) is 0. The molecule has 1 aliphatic rings. The summed E-state index contributed by atoms with van der Waals surface area (Å²) in [6.07, 6.45) is 2.45. The van der Waals surface area contributed by atoms with Crippen molar-refractivity contribution in [3.8, 4) is 5.75 Å². The van der Waals surface area contributed by atoms with Crippen LogP contribution >= 0.6 is 0 Å². The zero-order valence-corrected chi connectivity index (χ0v) is 15.6. The highest BCUT2D eigenvalue weighted by atomic mass is 16.6. The summed E-state index contributed by atoms with van der Waals surface area (Å²) >= 11 is 0. The molecule has 1 heterocycles. The van der Waals surface area contributed by atoms with Crippen LogP contribution in [0.1, 0.15) is 12.5 Å². The first kappa shape index (κ1) is 20.3. The number of nitrogens with zero attached hydrogens (tertiary/aromatic N) is 2. The van der Waals surface area contributed by atoms with Gasteiger partial charge in [0.2, 0.25) is 0 Å². The van der Waals surface area contributed by atoms with Gasteiger partial charge in [-0.2, -0.15) is 0 Å². The zero-order valence-electron chi connectivity index (χ0n) is 15.6. The number of amides is 2. The maximum absolute atomic E-state index is 12.1. The molecule has 8 heteroatoms. The van der Waals surface area contributed by atoms with E-state index >= 15 is 0 Å². The minimum Gasteiger partial charge on any atom is -0.496 e. The van der Waals surface area contributed by atoms with Crippen molar-refractivity contribution in [2.45, 2.75) is 6.92 Å². The quantitative estimate of drug-likeness (QED) is 0.553. The summed E-state index contributed by atoms with van der Waals surface area (Å²) in [6, 6.07) is 7.24. The van der Waals surface area contributed by atoms with Gasteiger partial charge in [-0.1, -0.05) is 18.2 Å². The number of hydrogen-bond acceptors (Lipinski definition) is 6. The highest BCUT2D eigenvalue weighted by Crippen LogP contribution is 2.18. The van der Waals surface area contributed by atoms with Crippen molar-refractivity contribution >= 4 is 24.0 Å². The maximum atomic E-state index is 12.1. The fraction of sp³-hybridized carbons (Fsp3) is 0.421. The number of benzene rings is 1. The molecule has 0 N–H and O–H groups in total. The van der Waals surface area contributed by atoms with Crippen molar-refractivity contribution in [1.82, 2.24) is 9.80 Å². The number of carbonyl (C=O) groups excluding carboxylic acids is 3. The molecule has 0 radical (unpaired) electrons. The Hall–Kier alpha value is -3.03. The third-order valence-corrected chi connectivity index (χ3v) is 4.03. The minimum absolute atomic E-state index is 0.294. The van der Waals surface area contributed by atoms with E-state index in [0.717, 1.165) is 5.56 Å². The fourth-order valence-corrected chi connectivity index (χ4v) is 2.59. The number of ether oxygens (including phenoxy) is 3. The van der Waals surface area contributed by atoms with Crippen LogP contribution < -0.4 is 4.74 Å². The lowest BCUT2D eigenvalue weighted by Gasteiger charge is -2.33. The second kappa shape index (κ2) is 10.2. The van der Waals surface area contributed by atoms with E-state index in [-0.39, 0.29) is 18.6 Å². The summed E-state index contributed by atoms with van der Waals surface area (Å²) < 4.78 is 15.1. The Morgan fingerprint density at radius 3 is 2.37 bits per heavy atom. The molecule has 1 fully saturated rings. The van der Waals surface area contributed by atoms with Gasteiger partial charge in [0.05, 0.1) is 13.7 Å². The van der Waals surface area contributed by atoms with E-state index in [1.165, 1.54) is 6.08 Å². The predicted octanol–water partition coefficient (Wildman–Crippen LogP) is 1.55. The topological polar surface area (TPSA) is 85.4 Å². The molecule has 2 rings (SSSR count). The molecule has 1 aliphatic heterocycles. The maximum Gasteiger partial charge on any atom is 0.409 e. The van der Waals surface area contributed by atoms with Crippen LogP contribution in [0.3, 0.4) is 0 Å². The molecule has 0 unspecified atom stereocenters. The van der Waals surface area contributed by atoms with Gasteiger partial charge in [0.25, 0.3) is 5.91 Å². The number of rotatable bonds is 6. The van der Waals surface area contributed by atoms with Crippen LogP contribution in [0, 0.1) is 0 Å². The monoisotopic (exact) mass is 376 g/mol. The minimum atomic E-state index is -0.612. The van der Waals surface area contributed by atoms with Gasteiger partial charge in [-0.05, 0) is 19.1 Å². The van der Waals surface area contributed by atoms with Crippen LogP contribution in [0.15, 0.2) is 30.3 Å². The molecule has 0 aromatic heterocycles. The second-order valence-electron chi connectivity index (χ2n) is 5.75. The van der Waals surface area contributed by atoms with E-state index in [1.54, 1.807) is 42.0 Å². The standard InChI is InChI=1S/C19H24N2O6/c1-3-26-19(24)21-12-10-20(11-13-21)17(22)14-27-18(23)9-8-15-6-4-5-7-16(15)25-2/h4-9H,3,10-14H2,1-2H3/b9-8+. The molecule has 0 atom stereocenters. The van der Waals surface area contributed by atoms with Gasteiger partial charge >= 0.3 is 12.1 Å². The molecule has 1 aromatic rings. The van der Waals surface area contributed by atoms with E-state index in [0.29, 0.717) is 38.5 Å². The summed E-state index contributed by atoms with van der Waals surface area (Å²) in [4.78, 5) is 38.7. The van der Waals surface area contributed by atoms with E-state index in [4.69, 9.17) is 14.2 Å². The zero-order chi connectivity index (χ0) is 19.6. The molecule has 1 saturated heterocycles. The van der Waals surface area contributed by atoms with Gasteiger partial charge < -0.3 is 24.0 Å². The van der Waals surface area contributed by atoms with Crippen molar-refractivity contribution in [2.24, 2.45) is 0 Å². The molecule has 1 aromatic carbocycles. The van der Waals surface area contributed by atoms with E-state index in [2.05, 4.69) is 0 Å². The molecular formula is C19H24N2O6. The molecule has 146 valence electrons.